The fraction of sp³-hybridized carbons (Fsp3) is 0. The number of carboxylic acids is 1. The molecule has 1 N–H and O–H groups in total. The van der Waals surface area contributed by atoms with E-state index in [1.165, 1.54) is 10.6 Å². The molecule has 0 aliphatic heterocycles. The average molecular weight is 483 g/mol. The monoisotopic (exact) mass is 482 g/mol. The highest BCUT2D eigenvalue weighted by Crippen LogP contribution is 2.43. The standard InChI is InChI=1S/C33H23O2P/c34-33(35)29-21-19-23-11-7-9-17-27(23)31(29)32-28-18-10-8-12-24(28)20-22-30(32)36(25-13-3-1-4-14-25)26-15-5-2-6-16-26/h1-22H,(H,34,35). The zero-order chi connectivity index (χ0) is 24.5. The first-order chi connectivity index (χ1) is 17.7. The Morgan fingerprint density at radius 2 is 0.972 bits per heavy atom. The smallest absolute Gasteiger partial charge is 0.336 e. The van der Waals surface area contributed by atoms with E-state index < -0.39 is 13.9 Å². The molecule has 0 aromatic heterocycles. The molecule has 0 radical (unpaired) electrons. The van der Waals surface area contributed by atoms with Gasteiger partial charge in [0, 0.05) is 5.56 Å². The molecule has 0 fully saturated rings. The van der Waals surface area contributed by atoms with Crippen LogP contribution in [0.3, 0.4) is 0 Å². The summed E-state index contributed by atoms with van der Waals surface area (Å²) >= 11 is 0. The van der Waals surface area contributed by atoms with Gasteiger partial charge in [-0.15, -0.1) is 0 Å². The van der Waals surface area contributed by atoms with Crippen molar-refractivity contribution in [2.45, 2.75) is 0 Å². The Morgan fingerprint density at radius 1 is 0.500 bits per heavy atom. The average Bonchev–Trinajstić information content (AvgIpc) is 2.93. The van der Waals surface area contributed by atoms with Gasteiger partial charge in [0.1, 0.15) is 0 Å². The summed E-state index contributed by atoms with van der Waals surface area (Å²) in [5.74, 6) is -0.918. The van der Waals surface area contributed by atoms with Crippen LogP contribution in [0, 0.1) is 0 Å². The normalized spacial score (nSPS) is 11.2. The Labute approximate surface area is 211 Å². The molecule has 6 aromatic rings. The van der Waals surface area contributed by atoms with E-state index in [1.54, 1.807) is 6.07 Å². The number of hydrogen-bond acceptors (Lipinski definition) is 1. The summed E-state index contributed by atoms with van der Waals surface area (Å²) in [5.41, 5.74) is 2.11. The van der Waals surface area contributed by atoms with Crippen LogP contribution in [0.15, 0.2) is 133 Å². The molecule has 3 heteroatoms. The lowest BCUT2D eigenvalue weighted by molar-refractivity contribution is 0.0698. The van der Waals surface area contributed by atoms with Crippen LogP contribution in [0.1, 0.15) is 10.4 Å². The van der Waals surface area contributed by atoms with Gasteiger partial charge in [0.05, 0.1) is 5.56 Å². The van der Waals surface area contributed by atoms with E-state index in [0.717, 1.165) is 38.0 Å². The molecule has 6 rings (SSSR count). The van der Waals surface area contributed by atoms with Crippen LogP contribution in [-0.4, -0.2) is 11.1 Å². The van der Waals surface area contributed by atoms with Crippen molar-refractivity contribution in [2.75, 3.05) is 0 Å². The maximum absolute atomic E-state index is 12.6. The van der Waals surface area contributed by atoms with E-state index in [2.05, 4.69) is 72.8 Å². The Balaban J connectivity index is 1.79. The molecule has 0 bridgehead atoms. The van der Waals surface area contributed by atoms with Crippen LogP contribution >= 0.6 is 7.92 Å². The summed E-state index contributed by atoms with van der Waals surface area (Å²) in [4.78, 5) is 12.6. The van der Waals surface area contributed by atoms with Crippen LogP contribution < -0.4 is 15.9 Å². The Kier molecular flexibility index (Phi) is 5.81. The lowest BCUT2D eigenvalue weighted by Crippen LogP contribution is -2.22. The van der Waals surface area contributed by atoms with Crippen LogP contribution in [0.4, 0.5) is 0 Å². The summed E-state index contributed by atoms with van der Waals surface area (Å²) in [6, 6.07) is 45.5. The molecule has 0 unspecified atom stereocenters. The fourth-order valence-corrected chi connectivity index (χ4v) is 7.48. The lowest BCUT2D eigenvalue weighted by atomic mass is 9.90. The highest BCUT2D eigenvalue weighted by atomic mass is 31.1. The predicted molar refractivity (Wildman–Crippen MR) is 153 cm³/mol. The van der Waals surface area contributed by atoms with Gasteiger partial charge in [0.2, 0.25) is 0 Å². The summed E-state index contributed by atoms with van der Waals surface area (Å²) in [6.07, 6.45) is 0. The van der Waals surface area contributed by atoms with Gasteiger partial charge in [0.15, 0.2) is 0 Å². The van der Waals surface area contributed by atoms with Crippen molar-refractivity contribution in [3.8, 4) is 11.1 Å². The van der Waals surface area contributed by atoms with E-state index in [4.69, 9.17) is 0 Å². The molecule has 0 heterocycles. The van der Waals surface area contributed by atoms with Crippen molar-refractivity contribution in [3.05, 3.63) is 139 Å². The Morgan fingerprint density at radius 3 is 1.53 bits per heavy atom. The van der Waals surface area contributed by atoms with Gasteiger partial charge in [-0.1, -0.05) is 127 Å². The molecule has 172 valence electrons. The topological polar surface area (TPSA) is 37.3 Å². The van der Waals surface area contributed by atoms with Gasteiger partial charge < -0.3 is 5.11 Å². The number of aromatic carboxylic acids is 1. The minimum Gasteiger partial charge on any atom is -0.478 e. The van der Waals surface area contributed by atoms with Gasteiger partial charge in [-0.3, -0.25) is 0 Å². The van der Waals surface area contributed by atoms with E-state index in [9.17, 15) is 9.90 Å². The Bertz CT molecular complexity index is 1670. The van der Waals surface area contributed by atoms with Crippen LogP contribution in [-0.2, 0) is 0 Å². The fourth-order valence-electron chi connectivity index (χ4n) is 5.01. The maximum atomic E-state index is 12.6. The highest BCUT2D eigenvalue weighted by molar-refractivity contribution is 7.80. The van der Waals surface area contributed by atoms with Crippen molar-refractivity contribution < 1.29 is 9.90 Å². The number of rotatable bonds is 5. The van der Waals surface area contributed by atoms with E-state index >= 15 is 0 Å². The zero-order valence-electron chi connectivity index (χ0n) is 19.5. The third kappa shape index (κ3) is 3.86. The van der Waals surface area contributed by atoms with Crippen molar-refractivity contribution in [3.63, 3.8) is 0 Å². The van der Waals surface area contributed by atoms with Crippen LogP contribution in [0.25, 0.3) is 32.7 Å². The molecule has 0 aliphatic carbocycles. The quantitative estimate of drug-likeness (QED) is 0.266. The van der Waals surface area contributed by atoms with E-state index in [0.29, 0.717) is 5.56 Å². The van der Waals surface area contributed by atoms with Gasteiger partial charge in [-0.05, 0) is 57.0 Å². The first-order valence-corrected chi connectivity index (χ1v) is 13.2. The van der Waals surface area contributed by atoms with Gasteiger partial charge in [0.25, 0.3) is 0 Å². The molecule has 0 saturated heterocycles. The van der Waals surface area contributed by atoms with E-state index in [1.807, 2.05) is 54.6 Å². The summed E-state index contributed by atoms with van der Waals surface area (Å²) < 4.78 is 0. The molecular formula is C33H23O2P. The minimum absolute atomic E-state index is 0.322. The first kappa shape index (κ1) is 22.2. The second-order valence-electron chi connectivity index (χ2n) is 8.70. The zero-order valence-corrected chi connectivity index (χ0v) is 20.4. The molecule has 6 aromatic carbocycles. The third-order valence-electron chi connectivity index (χ3n) is 6.59. The predicted octanol–water partition coefficient (Wildman–Crippen LogP) is 7.12. The number of carbonyl (C=O) groups is 1. The largest absolute Gasteiger partial charge is 0.478 e. The second-order valence-corrected chi connectivity index (χ2v) is 10.9. The Hall–Kier alpha value is -4.26. The molecule has 36 heavy (non-hydrogen) atoms. The van der Waals surface area contributed by atoms with Crippen LogP contribution in [0.2, 0.25) is 0 Å². The van der Waals surface area contributed by atoms with E-state index in [-0.39, 0.29) is 0 Å². The van der Waals surface area contributed by atoms with Crippen LogP contribution in [0.5, 0.6) is 0 Å². The summed E-state index contributed by atoms with van der Waals surface area (Å²) in [5, 5.41) is 18.1. The number of benzene rings is 6. The van der Waals surface area contributed by atoms with Gasteiger partial charge in [-0.25, -0.2) is 4.79 Å². The molecule has 2 nitrogen and oxygen atoms in total. The lowest BCUT2D eigenvalue weighted by Gasteiger charge is -2.25. The molecule has 0 saturated carbocycles. The first-order valence-electron chi connectivity index (χ1n) is 11.9. The highest BCUT2D eigenvalue weighted by Gasteiger charge is 2.25. The van der Waals surface area contributed by atoms with Crippen molar-refractivity contribution in [2.24, 2.45) is 0 Å². The van der Waals surface area contributed by atoms with Gasteiger partial charge in [-0.2, -0.15) is 0 Å². The molecule has 0 amide bonds. The van der Waals surface area contributed by atoms with Gasteiger partial charge >= 0.3 is 5.97 Å². The number of carboxylic acid groups (broad SMARTS) is 1. The summed E-state index contributed by atoms with van der Waals surface area (Å²) in [7, 11) is -0.944. The van der Waals surface area contributed by atoms with Crippen molar-refractivity contribution in [1.29, 1.82) is 0 Å². The molecule has 0 spiro atoms. The maximum Gasteiger partial charge on any atom is 0.336 e. The third-order valence-corrected chi connectivity index (χ3v) is 9.07. The van der Waals surface area contributed by atoms with Crippen molar-refractivity contribution >= 4 is 51.3 Å². The molecular weight excluding hydrogens is 459 g/mol. The molecule has 0 atom stereocenters. The number of hydrogen-bond donors (Lipinski definition) is 1. The minimum atomic E-state index is -0.944. The molecule has 0 aliphatic rings. The summed E-state index contributed by atoms with van der Waals surface area (Å²) in [6.45, 7) is 0. The SMILES string of the molecule is O=C(O)c1ccc2ccccc2c1-c1c(P(c2ccccc2)c2ccccc2)ccc2ccccc12. The second kappa shape index (κ2) is 9.41. The van der Waals surface area contributed by atoms with Crippen molar-refractivity contribution in [1.82, 2.24) is 0 Å². The number of fused-ring (bicyclic) bond motifs is 2.